The van der Waals surface area contributed by atoms with E-state index in [1.807, 2.05) is 13.0 Å². The van der Waals surface area contributed by atoms with E-state index in [1.165, 1.54) is 28.6 Å². The molecule has 0 bridgehead atoms. The Morgan fingerprint density at radius 1 is 1.32 bits per heavy atom. The van der Waals surface area contributed by atoms with E-state index in [1.54, 1.807) is 16.2 Å². The Labute approximate surface area is 178 Å². The van der Waals surface area contributed by atoms with Gasteiger partial charge in [0.2, 0.25) is 0 Å². The highest BCUT2D eigenvalue weighted by Gasteiger charge is 2.31. The molecule has 0 N–H and O–H groups in total. The minimum absolute atomic E-state index is 0.0217. The fourth-order valence-corrected chi connectivity index (χ4v) is 6.81. The number of nitriles is 1. The normalized spacial score (nSPS) is 18.1. The molecule has 2 aliphatic rings. The molecule has 1 aliphatic carbocycles. The second kappa shape index (κ2) is 7.51. The van der Waals surface area contributed by atoms with Crippen LogP contribution in [0.5, 0.6) is 0 Å². The number of nitrogens with zero attached hydrogens (tertiary/aromatic N) is 3. The van der Waals surface area contributed by atoms with Crippen molar-refractivity contribution >= 4 is 51.6 Å². The summed E-state index contributed by atoms with van der Waals surface area (Å²) in [4.78, 5) is 16.2. The largest absolute Gasteiger partial charge is 0.308 e. The molecule has 1 amide bonds. The Hall–Kier alpha value is -1.88. The molecule has 0 atom stereocenters. The predicted octanol–water partition coefficient (Wildman–Crippen LogP) is 5.13. The smallest absolute Gasteiger partial charge is 0.266 e. The van der Waals surface area contributed by atoms with Crippen molar-refractivity contribution < 1.29 is 4.79 Å². The zero-order chi connectivity index (χ0) is 20.0. The SMILES string of the molecule is CCN1C(=O)/C(=C/c2cc(C)n(-c3sc4c(c3C#N)CCCC4)c2C)SC1=S. The van der Waals surface area contributed by atoms with E-state index in [2.05, 4.69) is 30.6 Å². The van der Waals surface area contributed by atoms with E-state index >= 15 is 0 Å². The Morgan fingerprint density at radius 3 is 2.75 bits per heavy atom. The molecule has 1 saturated heterocycles. The van der Waals surface area contributed by atoms with E-state index in [0.717, 1.165) is 46.8 Å². The number of fused-ring (bicyclic) bond motifs is 1. The number of hydrogen-bond acceptors (Lipinski definition) is 5. The van der Waals surface area contributed by atoms with Crippen LogP contribution in [0.15, 0.2) is 11.0 Å². The van der Waals surface area contributed by atoms with Gasteiger partial charge in [-0.2, -0.15) is 5.26 Å². The number of thiophene rings is 1. The Balaban J connectivity index is 1.79. The summed E-state index contributed by atoms with van der Waals surface area (Å²) in [6, 6.07) is 4.55. The van der Waals surface area contributed by atoms with Gasteiger partial charge in [-0.25, -0.2) is 0 Å². The van der Waals surface area contributed by atoms with Gasteiger partial charge in [0.25, 0.3) is 5.91 Å². The standard InChI is InChI=1S/C21H21N3OS3/c1-4-23-19(25)18(28-21(23)26)10-14-9-12(2)24(13(14)3)20-16(11-22)15-7-5-6-8-17(15)27-20/h9-10H,4-8H2,1-3H3/b18-10-. The topological polar surface area (TPSA) is 49.0 Å². The van der Waals surface area contributed by atoms with Crippen LogP contribution in [-0.4, -0.2) is 26.2 Å². The quantitative estimate of drug-likeness (QED) is 0.503. The molecule has 2 aromatic rings. The third kappa shape index (κ3) is 3.04. The molecular weight excluding hydrogens is 406 g/mol. The average Bonchev–Trinajstić information content (AvgIpc) is 3.26. The number of carbonyl (C=O) groups excluding carboxylic acids is 1. The maximum absolute atomic E-state index is 12.6. The van der Waals surface area contributed by atoms with Crippen molar-refractivity contribution in [2.45, 2.75) is 46.5 Å². The summed E-state index contributed by atoms with van der Waals surface area (Å²) in [6.45, 7) is 6.63. The number of aryl methyl sites for hydroxylation is 2. The van der Waals surface area contributed by atoms with Gasteiger partial charge < -0.3 is 4.57 Å². The number of aromatic nitrogens is 1. The molecule has 1 fully saturated rings. The number of hydrogen-bond donors (Lipinski definition) is 0. The summed E-state index contributed by atoms with van der Waals surface area (Å²) < 4.78 is 2.79. The first-order chi connectivity index (χ1) is 13.5. The van der Waals surface area contributed by atoms with Crippen molar-refractivity contribution in [1.82, 2.24) is 9.47 Å². The van der Waals surface area contributed by atoms with Crippen molar-refractivity contribution in [1.29, 1.82) is 5.26 Å². The second-order valence-electron chi connectivity index (χ2n) is 7.09. The highest BCUT2D eigenvalue weighted by atomic mass is 32.2. The molecule has 0 saturated carbocycles. The maximum Gasteiger partial charge on any atom is 0.266 e. The van der Waals surface area contributed by atoms with Crippen LogP contribution in [0.4, 0.5) is 0 Å². The van der Waals surface area contributed by atoms with E-state index in [4.69, 9.17) is 12.2 Å². The molecule has 0 unspecified atom stereocenters. The molecule has 0 spiro atoms. The average molecular weight is 428 g/mol. The van der Waals surface area contributed by atoms with E-state index in [-0.39, 0.29) is 5.91 Å². The summed E-state index contributed by atoms with van der Waals surface area (Å²) in [5, 5.41) is 10.8. The van der Waals surface area contributed by atoms with E-state index in [0.29, 0.717) is 15.8 Å². The van der Waals surface area contributed by atoms with Crippen LogP contribution in [0.3, 0.4) is 0 Å². The Bertz CT molecular complexity index is 1070. The first kappa shape index (κ1) is 19.4. The molecule has 4 nitrogen and oxygen atoms in total. The Kier molecular flexibility index (Phi) is 5.21. The van der Waals surface area contributed by atoms with Crippen LogP contribution in [0.2, 0.25) is 0 Å². The molecule has 28 heavy (non-hydrogen) atoms. The van der Waals surface area contributed by atoms with Crippen molar-refractivity contribution in [3.63, 3.8) is 0 Å². The number of likely N-dealkylation sites (N-methyl/N-ethyl adjacent to an activating group) is 1. The van der Waals surface area contributed by atoms with Gasteiger partial charge in [-0.1, -0.05) is 24.0 Å². The lowest BCUT2D eigenvalue weighted by molar-refractivity contribution is -0.121. The predicted molar refractivity (Wildman–Crippen MR) is 120 cm³/mol. The number of thioether (sulfide) groups is 1. The van der Waals surface area contributed by atoms with Crippen LogP contribution in [0.25, 0.3) is 11.1 Å². The second-order valence-corrected chi connectivity index (χ2v) is 9.85. The summed E-state index contributed by atoms with van der Waals surface area (Å²) in [7, 11) is 0. The van der Waals surface area contributed by atoms with Crippen LogP contribution >= 0.6 is 35.3 Å². The molecule has 3 heterocycles. The molecule has 7 heteroatoms. The molecule has 0 aromatic carbocycles. The van der Waals surface area contributed by atoms with Crippen molar-refractivity contribution in [2.24, 2.45) is 0 Å². The van der Waals surface area contributed by atoms with Gasteiger partial charge in [0.05, 0.1) is 10.5 Å². The van der Waals surface area contributed by atoms with Crippen LogP contribution in [-0.2, 0) is 17.6 Å². The van der Waals surface area contributed by atoms with Gasteiger partial charge in [-0.05, 0) is 69.7 Å². The third-order valence-electron chi connectivity index (χ3n) is 5.41. The lowest BCUT2D eigenvalue weighted by Gasteiger charge is -2.10. The minimum Gasteiger partial charge on any atom is -0.308 e. The fourth-order valence-electron chi connectivity index (χ4n) is 3.98. The highest BCUT2D eigenvalue weighted by Crippen LogP contribution is 2.39. The number of rotatable bonds is 3. The van der Waals surface area contributed by atoms with Crippen molar-refractivity contribution in [3.8, 4) is 11.1 Å². The monoisotopic (exact) mass is 427 g/mol. The molecule has 4 rings (SSSR count). The number of amides is 1. The van der Waals surface area contributed by atoms with Gasteiger partial charge in [0.1, 0.15) is 15.4 Å². The maximum atomic E-state index is 12.6. The van der Waals surface area contributed by atoms with Crippen molar-refractivity contribution in [2.75, 3.05) is 6.54 Å². The molecule has 1 aliphatic heterocycles. The molecular formula is C21H21N3OS3. The zero-order valence-electron chi connectivity index (χ0n) is 16.2. The van der Waals surface area contributed by atoms with Gasteiger partial charge in [0.15, 0.2) is 0 Å². The fraction of sp³-hybridized carbons (Fsp3) is 0.381. The first-order valence-corrected chi connectivity index (χ1v) is 11.5. The van der Waals surface area contributed by atoms with Gasteiger partial charge in [-0.3, -0.25) is 9.69 Å². The van der Waals surface area contributed by atoms with Gasteiger partial charge >= 0.3 is 0 Å². The number of thiocarbonyl (C=S) groups is 1. The lowest BCUT2D eigenvalue weighted by atomic mass is 9.96. The summed E-state index contributed by atoms with van der Waals surface area (Å²) in [5.41, 5.74) is 5.19. The summed E-state index contributed by atoms with van der Waals surface area (Å²) in [6.07, 6.45) is 6.37. The first-order valence-electron chi connectivity index (χ1n) is 9.45. The molecule has 2 aromatic heterocycles. The molecule has 0 radical (unpaired) electrons. The summed E-state index contributed by atoms with van der Waals surface area (Å²) >= 11 is 8.43. The van der Waals surface area contributed by atoms with Crippen LogP contribution < -0.4 is 0 Å². The molecule has 144 valence electrons. The lowest BCUT2D eigenvalue weighted by Crippen LogP contribution is -2.27. The van der Waals surface area contributed by atoms with E-state index < -0.39 is 0 Å². The van der Waals surface area contributed by atoms with E-state index in [9.17, 15) is 10.1 Å². The van der Waals surface area contributed by atoms with Crippen LogP contribution in [0.1, 0.15) is 52.7 Å². The zero-order valence-corrected chi connectivity index (χ0v) is 18.6. The third-order valence-corrected chi connectivity index (χ3v) is 8.07. The van der Waals surface area contributed by atoms with Gasteiger partial charge in [0, 0.05) is 22.8 Å². The minimum atomic E-state index is -0.0217. The van der Waals surface area contributed by atoms with Gasteiger partial charge in [-0.15, -0.1) is 11.3 Å². The van der Waals surface area contributed by atoms with Crippen molar-refractivity contribution in [3.05, 3.63) is 43.9 Å². The summed E-state index contributed by atoms with van der Waals surface area (Å²) in [5.74, 6) is -0.0217. The number of carbonyl (C=O) groups is 1. The van der Waals surface area contributed by atoms with Crippen LogP contribution in [0, 0.1) is 25.2 Å². The highest BCUT2D eigenvalue weighted by molar-refractivity contribution is 8.26. The Morgan fingerprint density at radius 2 is 2.07 bits per heavy atom.